The van der Waals surface area contributed by atoms with Crippen molar-refractivity contribution in [3.05, 3.63) is 47.8 Å². The molecule has 1 aliphatic heterocycles. The standard InChI is InChI=1S/C16H16FNO3/c17-12-2-4-14(19)11(8-12)10-18-13-3-5-15-16(9-13)21-7-1-6-20-15/h2-5,8-9,18-19H,1,6-7,10H2. The van der Waals surface area contributed by atoms with Gasteiger partial charge in [-0.2, -0.15) is 0 Å². The number of hydrogen-bond acceptors (Lipinski definition) is 4. The molecule has 4 nitrogen and oxygen atoms in total. The number of benzene rings is 2. The Bertz CT molecular complexity index is 645. The normalized spacial score (nSPS) is 13.6. The summed E-state index contributed by atoms with van der Waals surface area (Å²) in [6, 6.07) is 9.44. The van der Waals surface area contributed by atoms with Crippen molar-refractivity contribution >= 4 is 5.69 Å². The van der Waals surface area contributed by atoms with E-state index in [1.807, 2.05) is 18.2 Å². The molecule has 0 unspecified atom stereocenters. The Morgan fingerprint density at radius 2 is 1.86 bits per heavy atom. The van der Waals surface area contributed by atoms with Gasteiger partial charge in [0.15, 0.2) is 11.5 Å². The average molecular weight is 289 g/mol. The van der Waals surface area contributed by atoms with E-state index in [1.54, 1.807) is 0 Å². The van der Waals surface area contributed by atoms with Gasteiger partial charge in [0, 0.05) is 30.3 Å². The second-order valence-corrected chi connectivity index (χ2v) is 4.84. The maximum Gasteiger partial charge on any atom is 0.163 e. The lowest BCUT2D eigenvalue weighted by atomic mass is 10.2. The highest BCUT2D eigenvalue weighted by Crippen LogP contribution is 2.32. The van der Waals surface area contributed by atoms with Gasteiger partial charge < -0.3 is 19.9 Å². The van der Waals surface area contributed by atoms with Crippen LogP contribution in [0.5, 0.6) is 17.2 Å². The van der Waals surface area contributed by atoms with Gasteiger partial charge in [-0.3, -0.25) is 0 Å². The second kappa shape index (κ2) is 5.91. The molecule has 5 heteroatoms. The molecule has 3 rings (SSSR count). The smallest absolute Gasteiger partial charge is 0.163 e. The molecule has 0 bridgehead atoms. The minimum absolute atomic E-state index is 0.0678. The molecule has 2 aromatic rings. The van der Waals surface area contributed by atoms with E-state index < -0.39 is 0 Å². The molecular formula is C16H16FNO3. The number of anilines is 1. The maximum atomic E-state index is 13.2. The Labute approximate surface area is 122 Å². The predicted molar refractivity (Wildman–Crippen MR) is 77.4 cm³/mol. The number of ether oxygens (including phenoxy) is 2. The van der Waals surface area contributed by atoms with E-state index >= 15 is 0 Å². The number of halogens is 1. The molecule has 1 aliphatic rings. The molecule has 1 heterocycles. The first-order valence-corrected chi connectivity index (χ1v) is 6.83. The van der Waals surface area contributed by atoms with Crippen LogP contribution in [-0.4, -0.2) is 18.3 Å². The minimum Gasteiger partial charge on any atom is -0.508 e. The van der Waals surface area contributed by atoms with Crippen molar-refractivity contribution in [2.75, 3.05) is 18.5 Å². The summed E-state index contributed by atoms with van der Waals surface area (Å²) >= 11 is 0. The van der Waals surface area contributed by atoms with Crippen molar-refractivity contribution in [3.8, 4) is 17.2 Å². The molecule has 0 aliphatic carbocycles. The fourth-order valence-corrected chi connectivity index (χ4v) is 2.17. The molecule has 0 spiro atoms. The molecular weight excluding hydrogens is 273 g/mol. The second-order valence-electron chi connectivity index (χ2n) is 4.84. The fourth-order valence-electron chi connectivity index (χ4n) is 2.17. The molecule has 2 N–H and O–H groups in total. The van der Waals surface area contributed by atoms with Crippen LogP contribution in [0.3, 0.4) is 0 Å². The van der Waals surface area contributed by atoms with Crippen LogP contribution < -0.4 is 14.8 Å². The summed E-state index contributed by atoms with van der Waals surface area (Å²) in [6.07, 6.45) is 0.856. The molecule has 0 amide bonds. The average Bonchev–Trinajstić information content (AvgIpc) is 2.73. The first kappa shape index (κ1) is 13.5. The summed E-state index contributed by atoms with van der Waals surface area (Å²) in [5.41, 5.74) is 1.32. The van der Waals surface area contributed by atoms with Crippen LogP contribution in [0, 0.1) is 5.82 Å². The van der Waals surface area contributed by atoms with Crippen molar-refractivity contribution in [2.45, 2.75) is 13.0 Å². The monoisotopic (exact) mass is 289 g/mol. The predicted octanol–water partition coefficient (Wildman–Crippen LogP) is 3.30. The minimum atomic E-state index is -0.372. The molecule has 110 valence electrons. The summed E-state index contributed by atoms with van der Waals surface area (Å²) in [7, 11) is 0. The van der Waals surface area contributed by atoms with Crippen LogP contribution in [0.4, 0.5) is 10.1 Å². The van der Waals surface area contributed by atoms with Gasteiger partial charge in [0.1, 0.15) is 11.6 Å². The zero-order valence-corrected chi connectivity index (χ0v) is 11.4. The highest BCUT2D eigenvalue weighted by atomic mass is 19.1. The van der Waals surface area contributed by atoms with Crippen LogP contribution >= 0.6 is 0 Å². The van der Waals surface area contributed by atoms with Crippen molar-refractivity contribution in [1.29, 1.82) is 0 Å². The highest BCUT2D eigenvalue weighted by molar-refractivity contribution is 5.55. The van der Waals surface area contributed by atoms with Gasteiger partial charge >= 0.3 is 0 Å². The summed E-state index contributed by atoms with van der Waals surface area (Å²) in [6.45, 7) is 1.60. The lowest BCUT2D eigenvalue weighted by Crippen LogP contribution is -2.01. The Morgan fingerprint density at radius 1 is 1.05 bits per heavy atom. The zero-order valence-electron chi connectivity index (χ0n) is 11.4. The van der Waals surface area contributed by atoms with Crippen molar-refractivity contribution in [1.82, 2.24) is 0 Å². The van der Waals surface area contributed by atoms with Gasteiger partial charge in [0.25, 0.3) is 0 Å². The summed E-state index contributed by atoms with van der Waals surface area (Å²) in [5.74, 6) is 1.12. The van der Waals surface area contributed by atoms with Crippen LogP contribution in [-0.2, 0) is 6.54 Å². The number of aromatic hydroxyl groups is 1. The molecule has 0 atom stereocenters. The molecule has 2 aromatic carbocycles. The highest BCUT2D eigenvalue weighted by Gasteiger charge is 2.11. The summed E-state index contributed by atoms with van der Waals surface area (Å²) in [5, 5.41) is 12.8. The van der Waals surface area contributed by atoms with Crippen LogP contribution in [0.1, 0.15) is 12.0 Å². The van der Waals surface area contributed by atoms with E-state index in [2.05, 4.69) is 5.32 Å². The third kappa shape index (κ3) is 3.18. The number of rotatable bonds is 3. The van der Waals surface area contributed by atoms with E-state index in [-0.39, 0.29) is 11.6 Å². The van der Waals surface area contributed by atoms with Crippen LogP contribution in [0.2, 0.25) is 0 Å². The number of hydrogen-bond donors (Lipinski definition) is 2. The molecule has 0 radical (unpaired) electrons. The molecule has 0 saturated heterocycles. The van der Waals surface area contributed by atoms with Gasteiger partial charge in [-0.05, 0) is 30.3 Å². The van der Waals surface area contributed by atoms with Gasteiger partial charge in [0.2, 0.25) is 0 Å². The quantitative estimate of drug-likeness (QED) is 0.910. The lowest BCUT2D eigenvalue weighted by molar-refractivity contribution is 0.297. The SMILES string of the molecule is Oc1ccc(F)cc1CNc1ccc2c(c1)OCCCO2. The van der Waals surface area contributed by atoms with Crippen molar-refractivity contribution in [2.24, 2.45) is 0 Å². The Balaban J connectivity index is 1.73. The lowest BCUT2D eigenvalue weighted by Gasteiger charge is -2.12. The zero-order chi connectivity index (χ0) is 14.7. The Hall–Kier alpha value is -2.43. The number of phenolic OH excluding ortho intramolecular Hbond substituents is 1. The molecule has 21 heavy (non-hydrogen) atoms. The molecule has 0 aromatic heterocycles. The van der Waals surface area contributed by atoms with E-state index in [0.29, 0.717) is 31.1 Å². The van der Waals surface area contributed by atoms with Crippen molar-refractivity contribution < 1.29 is 19.0 Å². The number of fused-ring (bicyclic) bond motifs is 1. The largest absolute Gasteiger partial charge is 0.508 e. The van der Waals surface area contributed by atoms with Crippen molar-refractivity contribution in [3.63, 3.8) is 0 Å². The van der Waals surface area contributed by atoms with E-state index in [0.717, 1.165) is 17.9 Å². The van der Waals surface area contributed by atoms with Gasteiger partial charge in [0.05, 0.1) is 13.2 Å². The fraction of sp³-hybridized carbons (Fsp3) is 0.250. The van der Waals surface area contributed by atoms with Crippen LogP contribution in [0.15, 0.2) is 36.4 Å². The molecule has 0 fully saturated rings. The van der Waals surface area contributed by atoms with E-state index in [4.69, 9.17) is 9.47 Å². The van der Waals surface area contributed by atoms with E-state index in [1.165, 1.54) is 18.2 Å². The topological polar surface area (TPSA) is 50.7 Å². The van der Waals surface area contributed by atoms with E-state index in [9.17, 15) is 9.50 Å². The van der Waals surface area contributed by atoms with Gasteiger partial charge in [-0.25, -0.2) is 4.39 Å². The first-order valence-electron chi connectivity index (χ1n) is 6.83. The first-order chi connectivity index (χ1) is 10.2. The number of phenols is 1. The third-order valence-corrected chi connectivity index (χ3v) is 3.27. The molecule has 0 saturated carbocycles. The maximum absolute atomic E-state index is 13.2. The van der Waals surface area contributed by atoms with Gasteiger partial charge in [-0.1, -0.05) is 0 Å². The summed E-state index contributed by atoms with van der Waals surface area (Å²) < 4.78 is 24.3. The summed E-state index contributed by atoms with van der Waals surface area (Å²) in [4.78, 5) is 0. The number of nitrogens with one attached hydrogen (secondary N) is 1. The third-order valence-electron chi connectivity index (χ3n) is 3.27. The Morgan fingerprint density at radius 3 is 2.71 bits per heavy atom. The Kier molecular flexibility index (Phi) is 3.81. The van der Waals surface area contributed by atoms with Crippen LogP contribution in [0.25, 0.3) is 0 Å². The van der Waals surface area contributed by atoms with Gasteiger partial charge in [-0.15, -0.1) is 0 Å².